The number of aromatic nitrogens is 1. The van der Waals surface area contributed by atoms with Crippen LogP contribution in [-0.4, -0.2) is 11.2 Å². The Bertz CT molecular complexity index is 460. The molecular formula is C14H22N2O. The maximum absolute atomic E-state index is 5.92. The Labute approximate surface area is 104 Å². The second kappa shape index (κ2) is 5.62. The lowest BCUT2D eigenvalue weighted by atomic mass is 10.2. The van der Waals surface area contributed by atoms with Gasteiger partial charge in [0.15, 0.2) is 0 Å². The minimum Gasteiger partial charge on any atom is -0.492 e. The van der Waals surface area contributed by atoms with Crippen molar-refractivity contribution in [3.05, 3.63) is 35.2 Å². The predicted octanol–water partition coefficient (Wildman–Crippen LogP) is 3.06. The Morgan fingerprint density at radius 2 is 1.82 bits per heavy atom. The quantitative estimate of drug-likeness (QED) is 0.854. The number of nitrogens with two attached hydrogens (primary N) is 1. The van der Waals surface area contributed by atoms with Gasteiger partial charge in [-0.3, -0.25) is 0 Å². The van der Waals surface area contributed by atoms with Gasteiger partial charge in [-0.25, -0.2) is 0 Å². The maximum Gasteiger partial charge on any atom is 0.138 e. The molecule has 0 aliphatic rings. The molecule has 3 heteroatoms. The summed E-state index contributed by atoms with van der Waals surface area (Å²) < 4.78 is 7.76. The van der Waals surface area contributed by atoms with Crippen LogP contribution in [0.25, 0.3) is 0 Å². The van der Waals surface area contributed by atoms with Gasteiger partial charge in [0, 0.05) is 18.4 Å². The van der Waals surface area contributed by atoms with Gasteiger partial charge in [0.2, 0.25) is 0 Å². The highest BCUT2D eigenvalue weighted by Gasteiger charge is 2.01. The largest absolute Gasteiger partial charge is 0.492 e. The summed E-state index contributed by atoms with van der Waals surface area (Å²) in [4.78, 5) is 0. The fourth-order valence-corrected chi connectivity index (χ4v) is 1.68. The molecule has 0 radical (unpaired) electrons. The second-order valence-corrected chi connectivity index (χ2v) is 4.19. The summed E-state index contributed by atoms with van der Waals surface area (Å²) in [6.45, 7) is 8.82. The summed E-state index contributed by atoms with van der Waals surface area (Å²) in [5, 5.41) is 0. The molecule has 0 aromatic carbocycles. The molecular weight excluding hydrogens is 212 g/mol. The summed E-state index contributed by atoms with van der Waals surface area (Å²) >= 11 is 0. The minimum atomic E-state index is 0.649. The highest BCUT2D eigenvalue weighted by molar-refractivity contribution is 5.42. The van der Waals surface area contributed by atoms with Crippen molar-refractivity contribution in [2.24, 2.45) is 7.05 Å². The molecule has 0 bridgehead atoms. The van der Waals surface area contributed by atoms with Gasteiger partial charge in [-0.15, -0.1) is 0 Å². The fraction of sp³-hybridized carbons (Fsp3) is 0.429. The first-order valence-electron chi connectivity index (χ1n) is 5.87. The van der Waals surface area contributed by atoms with E-state index in [1.54, 1.807) is 0 Å². The molecule has 0 spiro atoms. The third-order valence-corrected chi connectivity index (χ3v) is 3.04. The zero-order valence-corrected chi connectivity index (χ0v) is 11.4. The van der Waals surface area contributed by atoms with E-state index in [1.165, 1.54) is 5.69 Å². The molecule has 0 amide bonds. The number of ether oxygens (including phenoxy) is 1. The monoisotopic (exact) mass is 234 g/mol. The van der Waals surface area contributed by atoms with E-state index in [2.05, 4.69) is 18.4 Å². The lowest BCUT2D eigenvalue weighted by Crippen LogP contribution is -2.03. The lowest BCUT2D eigenvalue weighted by molar-refractivity contribution is 0.334. The van der Waals surface area contributed by atoms with Crippen LogP contribution < -0.4 is 10.5 Å². The summed E-state index contributed by atoms with van der Waals surface area (Å²) in [7, 11) is 2.04. The van der Waals surface area contributed by atoms with Crippen LogP contribution in [0.5, 0.6) is 5.75 Å². The predicted molar refractivity (Wildman–Crippen MR) is 72.8 cm³/mol. The van der Waals surface area contributed by atoms with Crippen molar-refractivity contribution >= 4 is 5.69 Å². The van der Waals surface area contributed by atoms with Gasteiger partial charge in [-0.1, -0.05) is 0 Å². The average molecular weight is 234 g/mol. The first kappa shape index (κ1) is 13.4. The van der Waals surface area contributed by atoms with Crippen molar-refractivity contribution in [1.29, 1.82) is 0 Å². The Balaban J connectivity index is 3.65. The van der Waals surface area contributed by atoms with Crippen molar-refractivity contribution in [1.82, 2.24) is 4.57 Å². The Hall–Kier alpha value is -1.64. The summed E-state index contributed by atoms with van der Waals surface area (Å²) in [5.41, 5.74) is 10.1. The SMILES string of the molecule is CCOc1ccc(N)cc(C)c(C)n(C)c1C. The van der Waals surface area contributed by atoms with Crippen LogP contribution in [0.2, 0.25) is 0 Å². The van der Waals surface area contributed by atoms with Crippen LogP contribution in [0.3, 0.4) is 0 Å². The van der Waals surface area contributed by atoms with Gasteiger partial charge in [-0.05, 0) is 51.5 Å². The Kier molecular flexibility index (Phi) is 4.44. The molecule has 0 saturated carbocycles. The molecule has 0 saturated heterocycles. The number of rotatable bonds is 2. The molecule has 94 valence electrons. The van der Waals surface area contributed by atoms with E-state index >= 15 is 0 Å². The Morgan fingerprint density at radius 3 is 2.41 bits per heavy atom. The van der Waals surface area contributed by atoms with Crippen LogP contribution in [-0.2, 0) is 7.05 Å². The van der Waals surface area contributed by atoms with Crippen molar-refractivity contribution in [3.63, 3.8) is 0 Å². The standard InChI is InChI=1S/C14H22N2O/c1-6-17-14-8-7-13(15)9-10(2)11(3)16(5)12(14)4/h7-9H,6,15H2,1-5H3. The van der Waals surface area contributed by atoms with Crippen molar-refractivity contribution in [2.45, 2.75) is 27.7 Å². The third kappa shape index (κ3) is 3.16. The summed E-state index contributed by atoms with van der Waals surface area (Å²) in [5.74, 6) is 0.861. The molecule has 0 atom stereocenters. The highest BCUT2D eigenvalue weighted by Crippen LogP contribution is 2.18. The van der Waals surface area contributed by atoms with Crippen LogP contribution in [0, 0.1) is 20.8 Å². The zero-order chi connectivity index (χ0) is 13.0. The molecule has 0 aliphatic heterocycles. The molecule has 0 aliphatic carbocycles. The number of nitrogen functional groups attached to an aromatic ring is 1. The van der Waals surface area contributed by atoms with Gasteiger partial charge in [0.1, 0.15) is 5.75 Å². The fourth-order valence-electron chi connectivity index (χ4n) is 1.68. The third-order valence-electron chi connectivity index (χ3n) is 3.04. The molecule has 1 heterocycles. The number of anilines is 1. The summed E-state index contributed by atoms with van der Waals surface area (Å²) in [6.07, 6.45) is 0. The van der Waals surface area contributed by atoms with E-state index < -0.39 is 0 Å². The van der Waals surface area contributed by atoms with Crippen molar-refractivity contribution < 1.29 is 4.74 Å². The second-order valence-electron chi connectivity index (χ2n) is 4.19. The molecule has 0 unspecified atom stereocenters. The number of hydrogen-bond acceptors (Lipinski definition) is 2. The topological polar surface area (TPSA) is 40.2 Å². The van der Waals surface area contributed by atoms with E-state index in [-0.39, 0.29) is 0 Å². The molecule has 0 fully saturated rings. The van der Waals surface area contributed by atoms with E-state index in [0.29, 0.717) is 6.61 Å². The van der Waals surface area contributed by atoms with E-state index in [4.69, 9.17) is 10.5 Å². The van der Waals surface area contributed by atoms with E-state index in [1.807, 2.05) is 39.1 Å². The van der Waals surface area contributed by atoms with Gasteiger partial charge >= 0.3 is 0 Å². The van der Waals surface area contributed by atoms with Crippen molar-refractivity contribution in [2.75, 3.05) is 12.3 Å². The number of hydrogen-bond donors (Lipinski definition) is 1. The maximum atomic E-state index is 5.92. The first-order chi connectivity index (χ1) is 7.97. The van der Waals surface area contributed by atoms with Gasteiger partial charge in [-0.2, -0.15) is 0 Å². The first-order valence-corrected chi connectivity index (χ1v) is 5.87. The number of nitrogens with zero attached hydrogens (tertiary/aromatic N) is 1. The van der Waals surface area contributed by atoms with Gasteiger partial charge < -0.3 is 15.0 Å². The molecule has 1 aromatic rings. The highest BCUT2D eigenvalue weighted by atomic mass is 16.5. The van der Waals surface area contributed by atoms with Crippen LogP contribution in [0.4, 0.5) is 5.69 Å². The Morgan fingerprint density at radius 1 is 1.18 bits per heavy atom. The van der Waals surface area contributed by atoms with Crippen LogP contribution >= 0.6 is 0 Å². The molecule has 1 rings (SSSR count). The summed E-state index contributed by atoms with van der Waals surface area (Å²) in [6, 6.07) is 5.78. The smallest absolute Gasteiger partial charge is 0.138 e. The van der Waals surface area contributed by atoms with Gasteiger partial charge in [0.05, 0.1) is 12.3 Å². The van der Waals surface area contributed by atoms with Crippen molar-refractivity contribution in [3.8, 4) is 5.75 Å². The van der Waals surface area contributed by atoms with Crippen LogP contribution in [0.15, 0.2) is 18.2 Å². The van der Waals surface area contributed by atoms with Gasteiger partial charge in [0.25, 0.3) is 0 Å². The molecule has 3 nitrogen and oxygen atoms in total. The van der Waals surface area contributed by atoms with E-state index in [9.17, 15) is 0 Å². The average Bonchev–Trinajstić information content (AvgIpc) is 2.32. The van der Waals surface area contributed by atoms with E-state index in [0.717, 1.165) is 22.7 Å². The minimum absolute atomic E-state index is 0.649. The zero-order valence-electron chi connectivity index (χ0n) is 11.4. The van der Waals surface area contributed by atoms with Crippen LogP contribution in [0.1, 0.15) is 23.9 Å². The number of aryl methyl sites for hydroxylation is 1. The normalized spacial score (nSPS) is 9.94. The molecule has 2 N–H and O–H groups in total. The molecule has 17 heavy (non-hydrogen) atoms. The lowest BCUT2D eigenvalue weighted by Gasteiger charge is -2.11. The molecule has 1 aromatic heterocycles.